The highest BCUT2D eigenvalue weighted by Gasteiger charge is 2.20. The molecule has 2 heterocycles. The maximum Gasteiger partial charge on any atom is 0.339 e. The Kier molecular flexibility index (Phi) is 6.43. The number of hydrogen-bond acceptors (Lipinski definition) is 4. The molecule has 33 heavy (non-hydrogen) atoms. The van der Waals surface area contributed by atoms with E-state index in [1.54, 1.807) is 24.3 Å². The van der Waals surface area contributed by atoms with Gasteiger partial charge in [0.1, 0.15) is 0 Å². The van der Waals surface area contributed by atoms with E-state index in [1.807, 2.05) is 60.9 Å². The molecule has 2 aromatic heterocycles. The second-order valence-corrected chi connectivity index (χ2v) is 8.14. The van der Waals surface area contributed by atoms with Crippen molar-refractivity contribution in [3.8, 4) is 11.3 Å². The molecule has 0 unspecified atom stereocenters. The first-order valence-electron chi connectivity index (χ1n) is 10.5. The lowest BCUT2D eigenvalue weighted by molar-refractivity contribution is 0.0476. The molecule has 0 bridgehead atoms. The van der Waals surface area contributed by atoms with Crippen molar-refractivity contribution in [1.82, 2.24) is 9.55 Å². The van der Waals surface area contributed by atoms with Crippen LogP contribution in [0.1, 0.15) is 32.1 Å². The summed E-state index contributed by atoms with van der Waals surface area (Å²) >= 11 is 6.36. The second-order valence-electron chi connectivity index (χ2n) is 7.74. The minimum absolute atomic E-state index is 0.253. The first-order chi connectivity index (χ1) is 15.9. The minimum Gasteiger partial charge on any atom is -0.454 e. The van der Waals surface area contributed by atoms with Crippen molar-refractivity contribution >= 4 is 34.3 Å². The van der Waals surface area contributed by atoms with Gasteiger partial charge < -0.3 is 9.30 Å². The topological polar surface area (TPSA) is 61.2 Å². The van der Waals surface area contributed by atoms with E-state index in [2.05, 4.69) is 11.6 Å². The van der Waals surface area contributed by atoms with Crippen LogP contribution < -0.4 is 0 Å². The van der Waals surface area contributed by atoms with Crippen LogP contribution in [0, 0.1) is 13.8 Å². The molecule has 0 saturated heterocycles. The van der Waals surface area contributed by atoms with Crippen molar-refractivity contribution in [1.29, 1.82) is 0 Å². The maximum atomic E-state index is 13.1. The number of fused-ring (bicyclic) bond motifs is 1. The van der Waals surface area contributed by atoms with Crippen LogP contribution in [-0.4, -0.2) is 27.9 Å². The molecule has 166 valence electrons. The van der Waals surface area contributed by atoms with Crippen LogP contribution in [0.25, 0.3) is 22.2 Å². The number of carbonyl (C=O) groups is 2. The highest BCUT2D eigenvalue weighted by molar-refractivity contribution is 6.33. The maximum absolute atomic E-state index is 13.1. The van der Waals surface area contributed by atoms with Crippen molar-refractivity contribution in [2.24, 2.45) is 0 Å². The number of pyridine rings is 1. The first-order valence-corrected chi connectivity index (χ1v) is 10.9. The number of hydrogen-bond donors (Lipinski definition) is 0. The summed E-state index contributed by atoms with van der Waals surface area (Å²) in [6.45, 7) is 7.82. The quantitative estimate of drug-likeness (QED) is 0.188. The van der Waals surface area contributed by atoms with Gasteiger partial charge in [0.15, 0.2) is 6.61 Å². The normalized spacial score (nSPS) is 10.9. The Morgan fingerprint density at radius 2 is 1.79 bits per heavy atom. The molecule has 0 radical (unpaired) electrons. The zero-order valence-electron chi connectivity index (χ0n) is 18.5. The molecule has 4 rings (SSSR count). The predicted octanol–water partition coefficient (Wildman–Crippen LogP) is 6.20. The zero-order chi connectivity index (χ0) is 23.5. The number of Topliss-reactive ketones (excluding diaryl/α,β-unsaturated/α-hetero) is 1. The highest BCUT2D eigenvalue weighted by Crippen LogP contribution is 2.30. The third kappa shape index (κ3) is 4.45. The summed E-state index contributed by atoms with van der Waals surface area (Å²) in [6, 6.07) is 18.1. The van der Waals surface area contributed by atoms with Crippen molar-refractivity contribution in [3.63, 3.8) is 0 Å². The van der Waals surface area contributed by atoms with Gasteiger partial charge >= 0.3 is 5.97 Å². The van der Waals surface area contributed by atoms with Crippen molar-refractivity contribution in [3.05, 3.63) is 101 Å². The average Bonchev–Trinajstić information content (AvgIpc) is 3.10. The van der Waals surface area contributed by atoms with E-state index in [-0.39, 0.29) is 12.4 Å². The Morgan fingerprint density at radius 1 is 1.06 bits per heavy atom. The molecule has 0 aliphatic heterocycles. The second kappa shape index (κ2) is 9.43. The molecule has 6 heteroatoms. The molecule has 0 atom stereocenters. The number of carbonyl (C=O) groups excluding carboxylic acids is 2. The fourth-order valence-corrected chi connectivity index (χ4v) is 4.16. The first kappa shape index (κ1) is 22.5. The summed E-state index contributed by atoms with van der Waals surface area (Å²) in [5.41, 5.74) is 4.56. The summed E-state index contributed by atoms with van der Waals surface area (Å²) in [7, 11) is 0. The van der Waals surface area contributed by atoms with Crippen molar-refractivity contribution in [2.75, 3.05) is 6.61 Å². The molecule has 0 N–H and O–H groups in total. The lowest BCUT2D eigenvalue weighted by Gasteiger charge is -2.11. The Balaban J connectivity index is 1.63. The van der Waals surface area contributed by atoms with E-state index >= 15 is 0 Å². The monoisotopic (exact) mass is 458 g/mol. The number of benzene rings is 2. The van der Waals surface area contributed by atoms with E-state index in [9.17, 15) is 9.59 Å². The van der Waals surface area contributed by atoms with Gasteiger partial charge in [-0.05, 0) is 38.1 Å². The van der Waals surface area contributed by atoms with Gasteiger partial charge in [-0.15, -0.1) is 6.58 Å². The number of rotatable bonds is 7. The minimum atomic E-state index is -0.588. The van der Waals surface area contributed by atoms with E-state index in [0.717, 1.165) is 11.4 Å². The number of ether oxygens (including phenoxy) is 1. The number of nitrogens with zero attached hydrogens (tertiary/aromatic N) is 2. The molecule has 0 saturated carbocycles. The Bertz CT molecular complexity index is 1390. The molecular weight excluding hydrogens is 436 g/mol. The number of halogens is 1. The summed E-state index contributed by atoms with van der Waals surface area (Å²) in [5, 5.41) is 1.18. The van der Waals surface area contributed by atoms with Crippen LogP contribution in [0.2, 0.25) is 5.02 Å². The van der Waals surface area contributed by atoms with Crippen LogP contribution in [-0.2, 0) is 11.3 Å². The van der Waals surface area contributed by atoms with Gasteiger partial charge in [-0.1, -0.05) is 54.1 Å². The fraction of sp³-hybridized carbons (Fsp3) is 0.148. The Hall–Kier alpha value is -3.70. The molecule has 0 aliphatic rings. The zero-order valence-corrected chi connectivity index (χ0v) is 19.2. The van der Waals surface area contributed by atoms with Gasteiger partial charge in [-0.25, -0.2) is 9.78 Å². The van der Waals surface area contributed by atoms with Crippen molar-refractivity contribution in [2.45, 2.75) is 20.4 Å². The molecule has 0 fully saturated rings. The van der Waals surface area contributed by atoms with E-state index in [0.29, 0.717) is 44.9 Å². The summed E-state index contributed by atoms with van der Waals surface area (Å²) in [4.78, 5) is 30.6. The molecular formula is C27H23ClN2O3. The number of ketones is 1. The predicted molar refractivity (Wildman–Crippen MR) is 131 cm³/mol. The lowest BCUT2D eigenvalue weighted by atomic mass is 10.0. The summed E-state index contributed by atoms with van der Waals surface area (Å²) < 4.78 is 7.45. The van der Waals surface area contributed by atoms with Crippen LogP contribution >= 0.6 is 11.6 Å². The molecule has 2 aromatic carbocycles. The van der Waals surface area contributed by atoms with Gasteiger partial charge in [-0.3, -0.25) is 4.79 Å². The number of para-hydroxylation sites is 1. The Morgan fingerprint density at radius 3 is 2.55 bits per heavy atom. The van der Waals surface area contributed by atoms with Gasteiger partial charge in [0.25, 0.3) is 0 Å². The van der Waals surface area contributed by atoms with Crippen LogP contribution in [0.15, 0.2) is 73.3 Å². The van der Waals surface area contributed by atoms with Gasteiger partial charge in [-0.2, -0.15) is 0 Å². The van der Waals surface area contributed by atoms with E-state index in [1.165, 1.54) is 0 Å². The third-order valence-electron chi connectivity index (χ3n) is 5.61. The third-order valence-corrected chi connectivity index (χ3v) is 5.94. The smallest absolute Gasteiger partial charge is 0.339 e. The molecule has 5 nitrogen and oxygen atoms in total. The highest BCUT2D eigenvalue weighted by atomic mass is 35.5. The molecule has 0 aliphatic carbocycles. The summed E-state index contributed by atoms with van der Waals surface area (Å²) in [6.07, 6.45) is 1.78. The SMILES string of the molecule is C=CCn1c(C)cc(C(=O)COC(=O)c2cc(-c3ccccc3Cl)nc3ccccc23)c1C. The standard InChI is InChI=1S/C27H23ClN2O3/c1-4-13-30-17(2)14-21(18(30)3)26(31)16-33-27(32)22-15-25(20-10-5-7-11-23(20)28)29-24-12-8-6-9-19(22)24/h4-12,14-15H,1,13,16H2,2-3H3. The van der Waals surface area contributed by atoms with E-state index < -0.39 is 5.97 Å². The number of esters is 1. The molecule has 4 aromatic rings. The number of aryl methyl sites for hydroxylation is 1. The summed E-state index contributed by atoms with van der Waals surface area (Å²) in [5.74, 6) is -0.841. The van der Waals surface area contributed by atoms with Gasteiger partial charge in [0.2, 0.25) is 5.78 Å². The van der Waals surface area contributed by atoms with Gasteiger partial charge in [0.05, 0.1) is 16.8 Å². The van der Waals surface area contributed by atoms with Crippen LogP contribution in [0.4, 0.5) is 0 Å². The van der Waals surface area contributed by atoms with Crippen LogP contribution in [0.5, 0.6) is 0 Å². The lowest BCUT2D eigenvalue weighted by Crippen LogP contribution is -2.15. The fourth-order valence-electron chi connectivity index (χ4n) is 3.93. The van der Waals surface area contributed by atoms with Gasteiger partial charge in [0, 0.05) is 39.5 Å². The van der Waals surface area contributed by atoms with Crippen molar-refractivity contribution < 1.29 is 14.3 Å². The van der Waals surface area contributed by atoms with E-state index in [4.69, 9.17) is 16.3 Å². The average molecular weight is 459 g/mol. The van der Waals surface area contributed by atoms with Crippen LogP contribution in [0.3, 0.4) is 0 Å². The number of allylic oxidation sites excluding steroid dienone is 1. The molecule has 0 amide bonds. The largest absolute Gasteiger partial charge is 0.454 e. The molecule has 0 spiro atoms. The number of aromatic nitrogens is 2. The Labute approximate surface area is 197 Å².